The highest BCUT2D eigenvalue weighted by molar-refractivity contribution is 5.92. The van der Waals surface area contributed by atoms with E-state index in [9.17, 15) is 9.59 Å². The zero-order chi connectivity index (χ0) is 18.5. The first-order valence-electron chi connectivity index (χ1n) is 8.31. The number of nitrogens with zero attached hydrogens (tertiary/aromatic N) is 1. The maximum Gasteiger partial charge on any atom is 0.262 e. The molecule has 1 amide bonds. The van der Waals surface area contributed by atoms with Gasteiger partial charge in [0.15, 0.2) is 6.61 Å². The van der Waals surface area contributed by atoms with Crippen LogP contribution in [0.15, 0.2) is 59.4 Å². The van der Waals surface area contributed by atoms with E-state index in [-0.39, 0.29) is 18.1 Å². The number of ether oxygens (including phenoxy) is 2. The third-order valence-electron chi connectivity index (χ3n) is 4.01. The lowest BCUT2D eigenvalue weighted by atomic mass is 10.2. The first kappa shape index (κ1) is 17.5. The van der Waals surface area contributed by atoms with Crippen LogP contribution in [0.25, 0.3) is 10.9 Å². The SMILES string of the molecule is CCn1c(=O)cc(OCC(=O)Nc2cccc(OC)c2)c2ccccc21. The lowest BCUT2D eigenvalue weighted by Crippen LogP contribution is -2.22. The molecule has 0 aliphatic rings. The van der Waals surface area contributed by atoms with E-state index in [1.165, 1.54) is 6.07 Å². The molecule has 134 valence electrons. The van der Waals surface area contributed by atoms with Gasteiger partial charge in [-0.3, -0.25) is 9.59 Å². The molecule has 26 heavy (non-hydrogen) atoms. The summed E-state index contributed by atoms with van der Waals surface area (Å²) in [4.78, 5) is 24.4. The van der Waals surface area contributed by atoms with Crippen LogP contribution in [0.1, 0.15) is 6.92 Å². The first-order chi connectivity index (χ1) is 12.6. The molecule has 1 heterocycles. The minimum atomic E-state index is -0.318. The molecule has 1 aromatic heterocycles. The Bertz CT molecular complexity index is 995. The van der Waals surface area contributed by atoms with Gasteiger partial charge in [0.25, 0.3) is 11.5 Å². The van der Waals surface area contributed by atoms with Gasteiger partial charge < -0.3 is 19.4 Å². The zero-order valence-corrected chi connectivity index (χ0v) is 14.7. The molecule has 0 saturated carbocycles. The molecule has 0 aliphatic carbocycles. The number of anilines is 1. The van der Waals surface area contributed by atoms with E-state index in [4.69, 9.17) is 9.47 Å². The molecule has 3 rings (SSSR count). The predicted octanol–water partition coefficient (Wildman–Crippen LogP) is 3.05. The highest BCUT2D eigenvalue weighted by atomic mass is 16.5. The molecule has 1 N–H and O–H groups in total. The van der Waals surface area contributed by atoms with Crippen molar-refractivity contribution in [3.8, 4) is 11.5 Å². The largest absolute Gasteiger partial charge is 0.497 e. The number of hydrogen-bond acceptors (Lipinski definition) is 4. The van der Waals surface area contributed by atoms with Crippen LogP contribution in [0.5, 0.6) is 11.5 Å². The number of carbonyl (C=O) groups is 1. The highest BCUT2D eigenvalue weighted by Gasteiger charge is 2.11. The highest BCUT2D eigenvalue weighted by Crippen LogP contribution is 2.23. The van der Waals surface area contributed by atoms with E-state index in [1.807, 2.05) is 31.2 Å². The molecule has 6 heteroatoms. The molecule has 0 fully saturated rings. The Morgan fingerprint density at radius 1 is 1.12 bits per heavy atom. The number of para-hydroxylation sites is 1. The van der Waals surface area contributed by atoms with Crippen molar-refractivity contribution in [1.29, 1.82) is 0 Å². The number of benzene rings is 2. The molecule has 6 nitrogen and oxygen atoms in total. The van der Waals surface area contributed by atoms with Crippen molar-refractivity contribution in [3.63, 3.8) is 0 Å². The summed E-state index contributed by atoms with van der Waals surface area (Å²) in [6.07, 6.45) is 0. The van der Waals surface area contributed by atoms with Crippen LogP contribution in [-0.4, -0.2) is 24.2 Å². The van der Waals surface area contributed by atoms with Gasteiger partial charge in [0.2, 0.25) is 0 Å². The third-order valence-corrected chi connectivity index (χ3v) is 4.01. The van der Waals surface area contributed by atoms with Gasteiger partial charge in [-0.1, -0.05) is 18.2 Å². The van der Waals surface area contributed by atoms with Crippen LogP contribution >= 0.6 is 0 Å². The van der Waals surface area contributed by atoms with Crippen LogP contribution in [0, 0.1) is 0 Å². The molecule has 0 bridgehead atoms. The number of carbonyl (C=O) groups excluding carboxylic acids is 1. The molecular formula is C20H20N2O4. The fourth-order valence-corrected chi connectivity index (χ4v) is 2.79. The van der Waals surface area contributed by atoms with Crippen molar-refractivity contribution in [2.75, 3.05) is 19.0 Å². The zero-order valence-electron chi connectivity index (χ0n) is 14.7. The number of hydrogen-bond donors (Lipinski definition) is 1. The van der Waals surface area contributed by atoms with Gasteiger partial charge in [-0.05, 0) is 31.2 Å². The second-order valence-electron chi connectivity index (χ2n) is 5.68. The molecule has 0 unspecified atom stereocenters. The molecule has 0 radical (unpaired) electrons. The lowest BCUT2D eigenvalue weighted by molar-refractivity contribution is -0.118. The third kappa shape index (κ3) is 3.69. The minimum Gasteiger partial charge on any atom is -0.497 e. The molecule has 2 aromatic carbocycles. The van der Waals surface area contributed by atoms with Crippen molar-refractivity contribution in [2.24, 2.45) is 0 Å². The normalized spacial score (nSPS) is 10.5. The van der Waals surface area contributed by atoms with E-state index < -0.39 is 0 Å². The van der Waals surface area contributed by atoms with Crippen LogP contribution in [-0.2, 0) is 11.3 Å². The maximum atomic E-state index is 12.3. The Morgan fingerprint density at radius 2 is 1.92 bits per heavy atom. The number of amides is 1. The summed E-state index contributed by atoms with van der Waals surface area (Å²) < 4.78 is 12.4. The van der Waals surface area contributed by atoms with Crippen LogP contribution in [0.2, 0.25) is 0 Å². The Balaban J connectivity index is 1.77. The van der Waals surface area contributed by atoms with Crippen LogP contribution in [0.4, 0.5) is 5.69 Å². The van der Waals surface area contributed by atoms with Crippen LogP contribution < -0.4 is 20.3 Å². The van der Waals surface area contributed by atoms with Gasteiger partial charge in [0.05, 0.1) is 12.6 Å². The summed E-state index contributed by atoms with van der Waals surface area (Å²) in [6, 6.07) is 16.0. The molecule has 0 atom stereocenters. The maximum absolute atomic E-state index is 12.3. The fourth-order valence-electron chi connectivity index (χ4n) is 2.79. The monoisotopic (exact) mass is 352 g/mol. The number of pyridine rings is 1. The van der Waals surface area contributed by atoms with Gasteiger partial charge in [-0.15, -0.1) is 0 Å². The van der Waals surface area contributed by atoms with Gasteiger partial charge >= 0.3 is 0 Å². The van der Waals surface area contributed by atoms with E-state index in [0.29, 0.717) is 23.7 Å². The Kier molecular flexibility index (Phi) is 5.22. The Hall–Kier alpha value is -3.28. The summed E-state index contributed by atoms with van der Waals surface area (Å²) in [5, 5.41) is 3.54. The molecule has 0 saturated heterocycles. The molecule has 0 aliphatic heterocycles. The predicted molar refractivity (Wildman–Crippen MR) is 101 cm³/mol. The van der Waals surface area contributed by atoms with Crippen LogP contribution in [0.3, 0.4) is 0 Å². The second kappa shape index (κ2) is 7.74. The number of aryl methyl sites for hydroxylation is 1. The summed E-state index contributed by atoms with van der Waals surface area (Å²) in [5.74, 6) is 0.732. The first-order valence-corrected chi connectivity index (χ1v) is 8.31. The van der Waals surface area contributed by atoms with Crippen molar-refractivity contribution < 1.29 is 14.3 Å². The average molecular weight is 352 g/mol. The summed E-state index contributed by atoms with van der Waals surface area (Å²) >= 11 is 0. The number of nitrogens with one attached hydrogen (secondary N) is 1. The molecule has 0 spiro atoms. The van der Waals surface area contributed by atoms with Crippen molar-refractivity contribution in [3.05, 3.63) is 65.0 Å². The van der Waals surface area contributed by atoms with Gasteiger partial charge in [0, 0.05) is 29.8 Å². The van der Waals surface area contributed by atoms with Gasteiger partial charge in [-0.25, -0.2) is 0 Å². The quantitative estimate of drug-likeness (QED) is 0.740. The smallest absolute Gasteiger partial charge is 0.262 e. The number of methoxy groups -OCH3 is 1. The number of fused-ring (bicyclic) bond motifs is 1. The standard InChI is InChI=1S/C20H20N2O4/c1-3-22-17-10-5-4-9-16(17)18(12-20(22)24)26-13-19(23)21-14-7-6-8-15(11-14)25-2/h4-12H,3,13H2,1-2H3,(H,21,23). The van der Waals surface area contributed by atoms with Crippen molar-refractivity contribution >= 4 is 22.5 Å². The van der Waals surface area contributed by atoms with E-state index in [1.54, 1.807) is 35.9 Å². The molecular weight excluding hydrogens is 332 g/mol. The second-order valence-corrected chi connectivity index (χ2v) is 5.68. The Labute approximate surface area is 151 Å². The average Bonchev–Trinajstić information content (AvgIpc) is 2.66. The fraction of sp³-hybridized carbons (Fsp3) is 0.200. The summed E-state index contributed by atoms with van der Waals surface area (Å²) in [5.41, 5.74) is 1.24. The minimum absolute atomic E-state index is 0.158. The van der Waals surface area contributed by atoms with Gasteiger partial charge in [-0.2, -0.15) is 0 Å². The summed E-state index contributed by atoms with van der Waals surface area (Å²) in [7, 11) is 1.56. The van der Waals surface area contributed by atoms with E-state index >= 15 is 0 Å². The number of aromatic nitrogens is 1. The Morgan fingerprint density at radius 3 is 2.69 bits per heavy atom. The summed E-state index contributed by atoms with van der Waals surface area (Å²) in [6.45, 7) is 2.28. The topological polar surface area (TPSA) is 69.6 Å². The van der Waals surface area contributed by atoms with E-state index in [0.717, 1.165) is 10.9 Å². The lowest BCUT2D eigenvalue weighted by Gasteiger charge is -2.13. The number of rotatable bonds is 6. The van der Waals surface area contributed by atoms with Crippen molar-refractivity contribution in [1.82, 2.24) is 4.57 Å². The van der Waals surface area contributed by atoms with Crippen molar-refractivity contribution in [2.45, 2.75) is 13.5 Å². The van der Waals surface area contributed by atoms with Gasteiger partial charge in [0.1, 0.15) is 11.5 Å². The van der Waals surface area contributed by atoms with E-state index in [2.05, 4.69) is 5.32 Å². The molecule has 3 aromatic rings.